The minimum absolute atomic E-state index is 0.228. The SMILES string of the molecule is CC1(C)Cc2cc(C3=NCC(F)C(C(=O)O)=C3)cc(C#N)c2O1. The molecule has 118 valence electrons. The third-order valence-electron chi connectivity index (χ3n) is 3.88. The fourth-order valence-electron chi connectivity index (χ4n) is 2.87. The van der Waals surface area contributed by atoms with Crippen LogP contribution in [0.2, 0.25) is 0 Å². The van der Waals surface area contributed by atoms with Gasteiger partial charge in [-0.05, 0) is 32.1 Å². The molecule has 0 saturated heterocycles. The van der Waals surface area contributed by atoms with Gasteiger partial charge in [0.1, 0.15) is 17.4 Å². The molecule has 0 amide bonds. The molecule has 0 radical (unpaired) electrons. The first-order valence-corrected chi connectivity index (χ1v) is 7.20. The number of hydrogen-bond acceptors (Lipinski definition) is 4. The number of carboxylic acid groups (broad SMARTS) is 1. The molecule has 2 aliphatic rings. The third kappa shape index (κ3) is 2.70. The van der Waals surface area contributed by atoms with E-state index in [1.54, 1.807) is 6.07 Å². The van der Waals surface area contributed by atoms with Crippen molar-refractivity contribution in [3.63, 3.8) is 0 Å². The molecule has 5 nitrogen and oxygen atoms in total. The molecule has 0 aromatic heterocycles. The second-order valence-corrected chi connectivity index (χ2v) is 6.26. The van der Waals surface area contributed by atoms with Crippen molar-refractivity contribution < 1.29 is 19.0 Å². The Morgan fingerprint density at radius 2 is 2.26 bits per heavy atom. The highest BCUT2D eigenvalue weighted by molar-refractivity contribution is 6.13. The summed E-state index contributed by atoms with van der Waals surface area (Å²) in [4.78, 5) is 15.2. The molecule has 1 aromatic carbocycles. The molecule has 0 saturated carbocycles. The first kappa shape index (κ1) is 15.2. The van der Waals surface area contributed by atoms with E-state index in [-0.39, 0.29) is 12.1 Å². The molecular formula is C17H15FN2O3. The van der Waals surface area contributed by atoms with Crippen LogP contribution in [0.1, 0.15) is 30.5 Å². The van der Waals surface area contributed by atoms with Crippen molar-refractivity contribution >= 4 is 11.7 Å². The van der Waals surface area contributed by atoms with Gasteiger partial charge in [0.25, 0.3) is 0 Å². The number of benzene rings is 1. The fraction of sp³-hybridized carbons (Fsp3) is 0.353. The standard InChI is InChI=1S/C17H15FN2O3/c1-17(2)6-10-3-9(4-11(7-19)15(10)23-17)14-5-12(16(21)22)13(18)8-20-14/h3-5,13H,6,8H2,1-2H3,(H,21,22). The molecule has 0 spiro atoms. The minimum Gasteiger partial charge on any atom is -0.486 e. The Labute approximate surface area is 132 Å². The Kier molecular flexibility index (Phi) is 3.44. The number of fused-ring (bicyclic) bond motifs is 1. The summed E-state index contributed by atoms with van der Waals surface area (Å²) in [5, 5.41) is 18.4. The van der Waals surface area contributed by atoms with Crippen molar-refractivity contribution in [2.24, 2.45) is 4.99 Å². The Hall–Kier alpha value is -2.68. The molecule has 0 bridgehead atoms. The number of alkyl halides is 1. The van der Waals surface area contributed by atoms with Gasteiger partial charge in [0.05, 0.1) is 23.4 Å². The minimum atomic E-state index is -1.61. The molecule has 2 heterocycles. The topological polar surface area (TPSA) is 82.7 Å². The molecular weight excluding hydrogens is 299 g/mol. The highest BCUT2D eigenvalue weighted by atomic mass is 19.1. The molecule has 1 N–H and O–H groups in total. The van der Waals surface area contributed by atoms with Crippen LogP contribution in [-0.4, -0.2) is 35.1 Å². The molecule has 2 aliphatic heterocycles. The van der Waals surface area contributed by atoms with Crippen LogP contribution in [0.3, 0.4) is 0 Å². The first-order chi connectivity index (χ1) is 10.8. The van der Waals surface area contributed by atoms with Crippen LogP contribution in [0.15, 0.2) is 28.8 Å². The van der Waals surface area contributed by atoms with Gasteiger partial charge in [-0.3, -0.25) is 4.99 Å². The van der Waals surface area contributed by atoms with Crippen LogP contribution in [0.25, 0.3) is 0 Å². The fourth-order valence-corrected chi connectivity index (χ4v) is 2.87. The summed E-state index contributed by atoms with van der Waals surface area (Å²) in [5.41, 5.74) is 1.52. The maximum Gasteiger partial charge on any atom is 0.334 e. The van der Waals surface area contributed by atoms with Crippen LogP contribution in [0.4, 0.5) is 4.39 Å². The van der Waals surface area contributed by atoms with E-state index in [9.17, 15) is 14.4 Å². The second kappa shape index (κ2) is 5.20. The van der Waals surface area contributed by atoms with E-state index >= 15 is 0 Å². The lowest BCUT2D eigenvalue weighted by atomic mass is 9.95. The van der Waals surface area contributed by atoms with Crippen LogP contribution in [0, 0.1) is 11.3 Å². The van der Waals surface area contributed by atoms with Crippen molar-refractivity contribution in [2.45, 2.75) is 32.0 Å². The molecule has 23 heavy (non-hydrogen) atoms. The Morgan fingerprint density at radius 1 is 1.52 bits per heavy atom. The number of carbonyl (C=O) groups is 1. The van der Waals surface area contributed by atoms with E-state index in [0.717, 1.165) is 5.56 Å². The zero-order valence-electron chi connectivity index (χ0n) is 12.8. The number of aliphatic imine (C=N–C) groups is 1. The number of aliphatic carboxylic acids is 1. The maximum absolute atomic E-state index is 13.6. The molecule has 1 unspecified atom stereocenters. The lowest BCUT2D eigenvalue weighted by Gasteiger charge is -2.17. The third-order valence-corrected chi connectivity index (χ3v) is 3.88. The monoisotopic (exact) mass is 314 g/mol. The highest BCUT2D eigenvalue weighted by Gasteiger charge is 2.33. The average Bonchev–Trinajstić information content (AvgIpc) is 2.80. The van der Waals surface area contributed by atoms with Crippen molar-refractivity contribution in [3.05, 3.63) is 40.5 Å². The molecule has 1 atom stereocenters. The average molecular weight is 314 g/mol. The second-order valence-electron chi connectivity index (χ2n) is 6.26. The zero-order valence-corrected chi connectivity index (χ0v) is 12.8. The number of hydrogen-bond donors (Lipinski definition) is 1. The molecule has 0 fully saturated rings. The first-order valence-electron chi connectivity index (χ1n) is 7.20. The summed E-state index contributed by atoms with van der Waals surface area (Å²) >= 11 is 0. The lowest BCUT2D eigenvalue weighted by Crippen LogP contribution is -2.24. The van der Waals surface area contributed by atoms with Crippen molar-refractivity contribution in [1.82, 2.24) is 0 Å². The summed E-state index contributed by atoms with van der Waals surface area (Å²) in [6.45, 7) is 3.64. The van der Waals surface area contributed by atoms with E-state index in [2.05, 4.69) is 11.1 Å². The predicted octanol–water partition coefficient (Wildman–Crippen LogP) is 2.42. The maximum atomic E-state index is 13.6. The lowest BCUT2D eigenvalue weighted by molar-refractivity contribution is -0.133. The van der Waals surface area contributed by atoms with Crippen molar-refractivity contribution in [3.8, 4) is 11.8 Å². The summed E-state index contributed by atoms with van der Waals surface area (Å²) in [5.74, 6) is -0.737. The number of nitriles is 1. The van der Waals surface area contributed by atoms with E-state index in [4.69, 9.17) is 9.84 Å². The number of halogens is 1. The Balaban J connectivity index is 2.07. The van der Waals surface area contributed by atoms with Gasteiger partial charge < -0.3 is 9.84 Å². The number of carboxylic acids is 1. The molecule has 6 heteroatoms. The smallest absolute Gasteiger partial charge is 0.334 e. The van der Waals surface area contributed by atoms with Gasteiger partial charge in [-0.15, -0.1) is 0 Å². The number of nitrogens with zero attached hydrogens (tertiary/aromatic N) is 2. The van der Waals surface area contributed by atoms with Crippen LogP contribution < -0.4 is 4.74 Å². The van der Waals surface area contributed by atoms with Crippen molar-refractivity contribution in [1.29, 1.82) is 5.26 Å². The van der Waals surface area contributed by atoms with Gasteiger partial charge in [0, 0.05) is 17.5 Å². The normalized spacial score (nSPS) is 21.6. The number of rotatable bonds is 2. The number of ether oxygens (including phenoxy) is 1. The number of dihydropyridines is 1. The summed E-state index contributed by atoms with van der Waals surface area (Å²) < 4.78 is 19.4. The van der Waals surface area contributed by atoms with E-state index in [1.165, 1.54) is 6.08 Å². The summed E-state index contributed by atoms with van der Waals surface area (Å²) in [6, 6.07) is 5.53. The highest BCUT2D eigenvalue weighted by Crippen LogP contribution is 2.38. The molecule has 3 rings (SSSR count). The molecule has 1 aromatic rings. The quantitative estimate of drug-likeness (QED) is 0.909. The largest absolute Gasteiger partial charge is 0.486 e. The van der Waals surface area contributed by atoms with Crippen LogP contribution >= 0.6 is 0 Å². The summed E-state index contributed by atoms with van der Waals surface area (Å²) in [7, 11) is 0. The van der Waals surface area contributed by atoms with E-state index in [0.29, 0.717) is 29.0 Å². The Bertz CT molecular complexity index is 803. The van der Waals surface area contributed by atoms with Gasteiger partial charge >= 0.3 is 5.97 Å². The van der Waals surface area contributed by atoms with Crippen LogP contribution in [0.5, 0.6) is 5.75 Å². The molecule has 0 aliphatic carbocycles. The van der Waals surface area contributed by atoms with Crippen molar-refractivity contribution in [2.75, 3.05) is 6.54 Å². The van der Waals surface area contributed by atoms with Gasteiger partial charge in [-0.25, -0.2) is 9.18 Å². The van der Waals surface area contributed by atoms with E-state index < -0.39 is 17.7 Å². The van der Waals surface area contributed by atoms with Gasteiger partial charge in [-0.1, -0.05) is 0 Å². The summed E-state index contributed by atoms with van der Waals surface area (Å²) in [6.07, 6.45) is 0.267. The van der Waals surface area contributed by atoms with Gasteiger partial charge in [0.2, 0.25) is 0 Å². The van der Waals surface area contributed by atoms with Gasteiger partial charge in [0.15, 0.2) is 6.17 Å². The van der Waals surface area contributed by atoms with Gasteiger partial charge in [-0.2, -0.15) is 5.26 Å². The number of allylic oxidation sites excluding steroid dienone is 1. The van der Waals surface area contributed by atoms with E-state index in [1.807, 2.05) is 19.9 Å². The Morgan fingerprint density at radius 3 is 2.91 bits per heavy atom. The predicted molar refractivity (Wildman–Crippen MR) is 81.6 cm³/mol. The van der Waals surface area contributed by atoms with Crippen LogP contribution in [-0.2, 0) is 11.2 Å². The zero-order chi connectivity index (χ0) is 16.8.